The van der Waals surface area contributed by atoms with Gasteiger partial charge in [-0.15, -0.1) is 11.3 Å². The molecule has 0 spiro atoms. The molecule has 3 amide bonds. The summed E-state index contributed by atoms with van der Waals surface area (Å²) in [5.74, 6) is 2.34. The van der Waals surface area contributed by atoms with Gasteiger partial charge in [-0.3, -0.25) is 4.79 Å². The van der Waals surface area contributed by atoms with Crippen LogP contribution in [0, 0.1) is 6.92 Å². The van der Waals surface area contributed by atoms with Crippen LogP contribution in [-0.2, 0) is 17.8 Å². The van der Waals surface area contributed by atoms with Gasteiger partial charge in [0.15, 0.2) is 11.5 Å². The zero-order chi connectivity index (χ0) is 28.6. The monoisotopic (exact) mass is 567 g/mol. The maximum Gasteiger partial charge on any atom is 0.322 e. The van der Waals surface area contributed by atoms with Gasteiger partial charge in [-0.1, -0.05) is 6.07 Å². The molecule has 1 N–H and O–H groups in total. The van der Waals surface area contributed by atoms with Crippen LogP contribution in [0.5, 0.6) is 23.0 Å². The van der Waals surface area contributed by atoms with Gasteiger partial charge in [0.25, 0.3) is 0 Å². The smallest absolute Gasteiger partial charge is 0.322 e. The molecule has 1 aromatic heterocycles. The Hall–Kier alpha value is -3.92. The first kappa shape index (κ1) is 29.1. The normalized spacial score (nSPS) is 12.4. The highest BCUT2D eigenvalue weighted by Gasteiger charge is 2.35. The number of anilines is 1. The number of amides is 3. The second-order valence-corrected chi connectivity index (χ2v) is 11.0. The molecule has 1 fully saturated rings. The molecular formula is C30H37N3O6S. The first-order valence-electron chi connectivity index (χ1n) is 13.2. The summed E-state index contributed by atoms with van der Waals surface area (Å²) in [6.07, 6.45) is 2.38. The van der Waals surface area contributed by atoms with E-state index in [-0.39, 0.29) is 24.5 Å². The minimum absolute atomic E-state index is 0.00606. The van der Waals surface area contributed by atoms with Gasteiger partial charge in [-0.2, -0.15) is 0 Å². The minimum atomic E-state index is -0.321. The van der Waals surface area contributed by atoms with E-state index < -0.39 is 0 Å². The number of thiophene rings is 1. The van der Waals surface area contributed by atoms with Crippen LogP contribution in [0.15, 0.2) is 48.5 Å². The zero-order valence-corrected chi connectivity index (χ0v) is 24.5. The fourth-order valence-corrected chi connectivity index (χ4v) is 5.33. The number of methoxy groups -OCH3 is 4. The third-order valence-electron chi connectivity index (χ3n) is 6.77. The summed E-state index contributed by atoms with van der Waals surface area (Å²) in [7, 11) is 6.33. The highest BCUT2D eigenvalue weighted by molar-refractivity contribution is 7.11. The summed E-state index contributed by atoms with van der Waals surface area (Å²) in [5, 5.41) is 2.92. The number of hydrogen-bond acceptors (Lipinski definition) is 7. The van der Waals surface area contributed by atoms with Crippen LogP contribution < -0.4 is 24.3 Å². The van der Waals surface area contributed by atoms with E-state index in [9.17, 15) is 9.59 Å². The van der Waals surface area contributed by atoms with E-state index >= 15 is 0 Å². The fourth-order valence-electron chi connectivity index (χ4n) is 4.42. The molecule has 3 aromatic rings. The van der Waals surface area contributed by atoms with Crippen LogP contribution in [0.4, 0.5) is 10.5 Å². The molecule has 0 unspecified atom stereocenters. The van der Waals surface area contributed by atoms with Gasteiger partial charge < -0.3 is 34.1 Å². The number of ether oxygens (including phenoxy) is 4. The molecule has 4 rings (SSSR count). The molecule has 1 saturated carbocycles. The summed E-state index contributed by atoms with van der Waals surface area (Å²) in [6.45, 7) is 3.03. The Morgan fingerprint density at radius 1 is 0.900 bits per heavy atom. The summed E-state index contributed by atoms with van der Waals surface area (Å²) < 4.78 is 21.5. The number of carbonyl (C=O) groups is 2. The Labute approximate surface area is 239 Å². The van der Waals surface area contributed by atoms with Crippen molar-refractivity contribution in [1.82, 2.24) is 9.80 Å². The maximum atomic E-state index is 13.7. The van der Waals surface area contributed by atoms with Crippen LogP contribution in [0.2, 0.25) is 0 Å². The zero-order valence-electron chi connectivity index (χ0n) is 23.7. The molecule has 2 aromatic carbocycles. The van der Waals surface area contributed by atoms with Crippen molar-refractivity contribution in [3.63, 3.8) is 0 Å². The lowest BCUT2D eigenvalue weighted by molar-refractivity contribution is -0.132. The standard InChI is InChI=1S/C30H37N3O6S/c1-20-6-10-26(40-20)18-32(13-12-21-7-11-27(38-4)28(14-21)39-5)29(34)19-33(23-8-9-23)30(35)31-22-15-24(36-2)17-25(16-22)37-3/h6-7,10-11,14-17,23H,8-9,12-13,18-19H2,1-5H3,(H,31,35). The first-order chi connectivity index (χ1) is 19.3. The molecular weight excluding hydrogens is 530 g/mol. The number of hydrogen-bond donors (Lipinski definition) is 1. The Morgan fingerprint density at radius 3 is 2.17 bits per heavy atom. The number of nitrogens with zero attached hydrogens (tertiary/aromatic N) is 2. The topological polar surface area (TPSA) is 89.6 Å². The first-order valence-corrected chi connectivity index (χ1v) is 14.0. The van der Waals surface area contributed by atoms with Gasteiger partial charge in [0, 0.05) is 46.2 Å². The molecule has 1 aliphatic rings. The fraction of sp³-hybridized carbons (Fsp3) is 0.400. The quantitative estimate of drug-likeness (QED) is 0.299. The molecule has 9 nitrogen and oxygen atoms in total. The highest BCUT2D eigenvalue weighted by Crippen LogP contribution is 2.31. The minimum Gasteiger partial charge on any atom is -0.497 e. The van der Waals surface area contributed by atoms with Crippen molar-refractivity contribution < 1.29 is 28.5 Å². The van der Waals surface area contributed by atoms with E-state index in [0.717, 1.165) is 23.3 Å². The molecule has 0 atom stereocenters. The Bertz CT molecular complexity index is 1300. The van der Waals surface area contributed by atoms with Crippen LogP contribution >= 0.6 is 11.3 Å². The van der Waals surface area contributed by atoms with Crippen LogP contribution in [0.3, 0.4) is 0 Å². The molecule has 10 heteroatoms. The third kappa shape index (κ3) is 7.59. The van der Waals surface area contributed by atoms with Crippen molar-refractivity contribution in [2.24, 2.45) is 0 Å². The lowest BCUT2D eigenvalue weighted by Gasteiger charge is -2.28. The number of urea groups is 1. The lowest BCUT2D eigenvalue weighted by atomic mass is 10.1. The predicted octanol–water partition coefficient (Wildman–Crippen LogP) is 5.36. The molecule has 1 heterocycles. The summed E-state index contributed by atoms with van der Waals surface area (Å²) in [6, 6.07) is 14.8. The number of benzene rings is 2. The van der Waals surface area contributed by atoms with E-state index in [1.54, 1.807) is 62.9 Å². The second-order valence-electron chi connectivity index (χ2n) is 9.66. The number of rotatable bonds is 13. The molecule has 0 aliphatic heterocycles. The molecule has 0 saturated heterocycles. The highest BCUT2D eigenvalue weighted by atomic mass is 32.1. The Morgan fingerprint density at radius 2 is 1.60 bits per heavy atom. The molecule has 214 valence electrons. The summed E-state index contributed by atoms with van der Waals surface area (Å²) >= 11 is 1.67. The summed E-state index contributed by atoms with van der Waals surface area (Å²) in [5.41, 5.74) is 1.57. The van der Waals surface area contributed by atoms with E-state index in [1.165, 1.54) is 4.88 Å². The maximum absolute atomic E-state index is 13.7. The van der Waals surface area contributed by atoms with Gasteiger partial charge in [0.2, 0.25) is 5.91 Å². The van der Waals surface area contributed by atoms with Crippen LogP contribution in [0.1, 0.15) is 28.2 Å². The van der Waals surface area contributed by atoms with Crippen molar-refractivity contribution >= 4 is 29.0 Å². The predicted molar refractivity (Wildman–Crippen MR) is 156 cm³/mol. The Kier molecular flexibility index (Phi) is 9.76. The van der Waals surface area contributed by atoms with Gasteiger partial charge in [0.05, 0.1) is 35.0 Å². The lowest BCUT2D eigenvalue weighted by Crippen LogP contribution is -2.45. The number of carbonyl (C=O) groups excluding carboxylic acids is 2. The molecule has 1 aliphatic carbocycles. The molecule has 0 radical (unpaired) electrons. The van der Waals surface area contributed by atoms with Crippen molar-refractivity contribution in [3.05, 3.63) is 63.8 Å². The van der Waals surface area contributed by atoms with E-state index in [4.69, 9.17) is 18.9 Å². The van der Waals surface area contributed by atoms with Crippen LogP contribution in [0.25, 0.3) is 0 Å². The largest absolute Gasteiger partial charge is 0.497 e. The second kappa shape index (κ2) is 13.4. The van der Waals surface area contributed by atoms with Crippen molar-refractivity contribution in [2.75, 3.05) is 46.8 Å². The Balaban J connectivity index is 1.49. The van der Waals surface area contributed by atoms with Crippen LogP contribution in [-0.4, -0.2) is 69.3 Å². The molecule has 0 bridgehead atoms. The van der Waals surface area contributed by atoms with E-state index in [1.807, 2.05) is 23.1 Å². The van der Waals surface area contributed by atoms with E-state index in [2.05, 4.69) is 24.4 Å². The number of aryl methyl sites for hydroxylation is 1. The van der Waals surface area contributed by atoms with Crippen molar-refractivity contribution in [1.29, 1.82) is 0 Å². The van der Waals surface area contributed by atoms with Crippen molar-refractivity contribution in [2.45, 2.75) is 38.8 Å². The van der Waals surface area contributed by atoms with Crippen molar-refractivity contribution in [3.8, 4) is 23.0 Å². The SMILES string of the molecule is COc1cc(NC(=O)N(CC(=O)N(CCc2ccc(OC)c(OC)c2)Cc2ccc(C)s2)C2CC2)cc(OC)c1. The van der Waals surface area contributed by atoms with Gasteiger partial charge in [-0.05, 0) is 56.0 Å². The van der Waals surface area contributed by atoms with Gasteiger partial charge in [0.1, 0.15) is 18.0 Å². The third-order valence-corrected chi connectivity index (χ3v) is 7.76. The van der Waals surface area contributed by atoms with E-state index in [0.29, 0.717) is 48.2 Å². The van der Waals surface area contributed by atoms with Gasteiger partial charge >= 0.3 is 6.03 Å². The average Bonchev–Trinajstić information content (AvgIpc) is 3.73. The van der Waals surface area contributed by atoms with Gasteiger partial charge in [-0.25, -0.2) is 4.79 Å². The number of nitrogens with one attached hydrogen (secondary N) is 1. The summed E-state index contributed by atoms with van der Waals surface area (Å²) in [4.78, 5) is 32.8. The molecule has 40 heavy (non-hydrogen) atoms. The average molecular weight is 568 g/mol.